The number of morpholine rings is 1. The largest absolute Gasteiger partial charge is 0.379 e. The summed E-state index contributed by atoms with van der Waals surface area (Å²) in [5.74, 6) is 0.532. The van der Waals surface area contributed by atoms with E-state index >= 15 is 0 Å². The van der Waals surface area contributed by atoms with Gasteiger partial charge in [0.25, 0.3) is 5.56 Å². The van der Waals surface area contributed by atoms with Crippen LogP contribution in [0.2, 0.25) is 0 Å². The molecule has 0 spiro atoms. The summed E-state index contributed by atoms with van der Waals surface area (Å²) in [5, 5.41) is 0. The van der Waals surface area contributed by atoms with Crippen molar-refractivity contribution in [2.45, 2.75) is 32.2 Å². The Morgan fingerprint density at radius 2 is 1.88 bits per heavy atom. The smallest absolute Gasteiger partial charge is 0.328 e. The quantitative estimate of drug-likeness (QED) is 0.784. The molecule has 2 aliphatic heterocycles. The van der Waals surface area contributed by atoms with Gasteiger partial charge in [0.2, 0.25) is 5.91 Å². The van der Waals surface area contributed by atoms with Gasteiger partial charge in [0, 0.05) is 51.0 Å². The van der Waals surface area contributed by atoms with E-state index in [0.29, 0.717) is 17.5 Å². The van der Waals surface area contributed by atoms with Gasteiger partial charge in [-0.1, -0.05) is 0 Å². The number of piperidine rings is 1. The minimum absolute atomic E-state index is 0.0349. The first kappa shape index (κ1) is 18.8. The second-order valence-electron chi connectivity index (χ2n) is 7.27. The summed E-state index contributed by atoms with van der Waals surface area (Å²) in [7, 11) is 1.41. The summed E-state index contributed by atoms with van der Waals surface area (Å²) in [5.41, 5.74) is -0.539. The molecule has 0 aliphatic carbocycles. The van der Waals surface area contributed by atoms with Crippen LogP contribution in [0.1, 0.15) is 25.3 Å². The molecule has 1 unspecified atom stereocenters. The SMILES string of the molecule is CC(C1CCN(C(=O)Cc2c[nH]c(=O)n(C)c2=O)CC1)N1CCOCC1. The zero-order valence-electron chi connectivity index (χ0n) is 15.6. The second kappa shape index (κ2) is 8.18. The Morgan fingerprint density at radius 3 is 2.54 bits per heavy atom. The van der Waals surface area contributed by atoms with Crippen LogP contribution in [0, 0.1) is 5.92 Å². The number of nitrogens with one attached hydrogen (secondary N) is 1. The Hall–Kier alpha value is -1.93. The van der Waals surface area contributed by atoms with Gasteiger partial charge in [-0.3, -0.25) is 19.1 Å². The van der Waals surface area contributed by atoms with Crippen LogP contribution in [0.25, 0.3) is 0 Å². The third-order valence-electron chi connectivity index (χ3n) is 5.79. The zero-order chi connectivity index (χ0) is 18.7. The molecule has 8 nitrogen and oxygen atoms in total. The van der Waals surface area contributed by atoms with E-state index in [2.05, 4.69) is 16.8 Å². The van der Waals surface area contributed by atoms with Gasteiger partial charge in [0.05, 0.1) is 19.6 Å². The number of hydrogen-bond acceptors (Lipinski definition) is 5. The van der Waals surface area contributed by atoms with E-state index < -0.39 is 11.2 Å². The van der Waals surface area contributed by atoms with Crippen LogP contribution in [0.5, 0.6) is 0 Å². The van der Waals surface area contributed by atoms with Crippen molar-refractivity contribution in [2.75, 3.05) is 39.4 Å². The Bertz CT molecular complexity index is 742. The first-order valence-electron chi connectivity index (χ1n) is 9.34. The summed E-state index contributed by atoms with van der Waals surface area (Å²) in [4.78, 5) is 42.9. The van der Waals surface area contributed by atoms with Gasteiger partial charge in [-0.25, -0.2) is 4.79 Å². The molecule has 2 saturated heterocycles. The monoisotopic (exact) mass is 364 g/mol. The molecule has 2 fully saturated rings. The van der Waals surface area contributed by atoms with Crippen molar-refractivity contribution in [3.05, 3.63) is 32.6 Å². The van der Waals surface area contributed by atoms with Crippen molar-refractivity contribution < 1.29 is 9.53 Å². The lowest BCUT2D eigenvalue weighted by Crippen LogP contribution is -2.49. The van der Waals surface area contributed by atoms with Crippen LogP contribution in [0.4, 0.5) is 0 Å². The number of amides is 1. The van der Waals surface area contributed by atoms with Crippen molar-refractivity contribution in [1.29, 1.82) is 0 Å². The van der Waals surface area contributed by atoms with Gasteiger partial charge >= 0.3 is 5.69 Å². The molecule has 144 valence electrons. The Labute approximate surface area is 152 Å². The summed E-state index contributed by atoms with van der Waals surface area (Å²) >= 11 is 0. The number of hydrogen-bond donors (Lipinski definition) is 1. The third kappa shape index (κ3) is 4.07. The fraction of sp³-hybridized carbons (Fsp3) is 0.722. The van der Waals surface area contributed by atoms with Crippen molar-refractivity contribution in [1.82, 2.24) is 19.4 Å². The molecule has 1 amide bonds. The third-order valence-corrected chi connectivity index (χ3v) is 5.79. The fourth-order valence-corrected chi connectivity index (χ4v) is 3.93. The molecule has 1 aromatic rings. The molecule has 1 aromatic heterocycles. The molecule has 8 heteroatoms. The van der Waals surface area contributed by atoms with E-state index in [-0.39, 0.29) is 12.3 Å². The first-order chi connectivity index (χ1) is 12.5. The van der Waals surface area contributed by atoms with E-state index in [4.69, 9.17) is 4.74 Å². The number of aromatic nitrogens is 2. The molecular weight excluding hydrogens is 336 g/mol. The summed E-state index contributed by atoms with van der Waals surface area (Å²) in [6, 6.07) is 0.502. The molecule has 0 saturated carbocycles. The van der Waals surface area contributed by atoms with Gasteiger partial charge in [-0.15, -0.1) is 0 Å². The number of aromatic amines is 1. The van der Waals surface area contributed by atoms with Crippen LogP contribution in [-0.2, 0) is 23.0 Å². The topological polar surface area (TPSA) is 87.6 Å². The standard InChI is InChI=1S/C18H28N4O4/c1-13(21-7-9-26-10-8-21)14-3-5-22(6-4-14)16(23)11-15-12-19-18(25)20(2)17(15)24/h12-14H,3-11H2,1-2H3,(H,19,25). The average molecular weight is 364 g/mol. The van der Waals surface area contributed by atoms with Crippen LogP contribution in [0.15, 0.2) is 15.8 Å². The average Bonchev–Trinajstić information content (AvgIpc) is 2.68. The lowest BCUT2D eigenvalue weighted by Gasteiger charge is -2.41. The number of ether oxygens (including phenoxy) is 1. The minimum atomic E-state index is -0.468. The van der Waals surface area contributed by atoms with Crippen LogP contribution in [0.3, 0.4) is 0 Å². The lowest BCUT2D eigenvalue weighted by atomic mass is 9.89. The number of H-pyrrole nitrogens is 1. The van der Waals surface area contributed by atoms with E-state index in [1.807, 2.05) is 4.90 Å². The molecule has 0 bridgehead atoms. The van der Waals surface area contributed by atoms with Crippen molar-refractivity contribution in [3.63, 3.8) is 0 Å². The highest BCUT2D eigenvalue weighted by Gasteiger charge is 2.30. The Kier molecular flexibility index (Phi) is 5.93. The number of rotatable bonds is 4. The van der Waals surface area contributed by atoms with Gasteiger partial charge in [-0.05, 0) is 25.7 Å². The van der Waals surface area contributed by atoms with E-state index in [1.54, 1.807) is 0 Å². The van der Waals surface area contributed by atoms with Crippen molar-refractivity contribution >= 4 is 5.91 Å². The highest BCUT2D eigenvalue weighted by molar-refractivity contribution is 5.78. The van der Waals surface area contributed by atoms with Crippen molar-refractivity contribution in [3.8, 4) is 0 Å². The molecular formula is C18H28N4O4. The van der Waals surface area contributed by atoms with E-state index in [0.717, 1.165) is 56.8 Å². The van der Waals surface area contributed by atoms with Gasteiger partial charge in [0.1, 0.15) is 0 Å². The lowest BCUT2D eigenvalue weighted by molar-refractivity contribution is -0.132. The Morgan fingerprint density at radius 1 is 1.23 bits per heavy atom. The predicted molar refractivity (Wildman–Crippen MR) is 97.2 cm³/mol. The molecule has 26 heavy (non-hydrogen) atoms. The maximum Gasteiger partial charge on any atom is 0.328 e. The molecule has 3 heterocycles. The van der Waals surface area contributed by atoms with Crippen LogP contribution in [-0.4, -0.2) is 70.7 Å². The maximum absolute atomic E-state index is 12.6. The van der Waals surface area contributed by atoms with E-state index in [9.17, 15) is 14.4 Å². The van der Waals surface area contributed by atoms with Gasteiger partial charge in [-0.2, -0.15) is 0 Å². The molecule has 0 radical (unpaired) electrons. The maximum atomic E-state index is 12.6. The van der Waals surface area contributed by atoms with Gasteiger partial charge < -0.3 is 14.6 Å². The molecule has 0 aromatic carbocycles. The highest BCUT2D eigenvalue weighted by Crippen LogP contribution is 2.25. The minimum Gasteiger partial charge on any atom is -0.379 e. The first-order valence-corrected chi connectivity index (χ1v) is 9.34. The second-order valence-corrected chi connectivity index (χ2v) is 7.27. The number of likely N-dealkylation sites (tertiary alicyclic amines) is 1. The highest BCUT2D eigenvalue weighted by atomic mass is 16.5. The molecule has 3 rings (SSSR count). The van der Waals surface area contributed by atoms with Gasteiger partial charge in [0.15, 0.2) is 0 Å². The van der Waals surface area contributed by atoms with Crippen molar-refractivity contribution in [2.24, 2.45) is 13.0 Å². The molecule has 1 N–H and O–H groups in total. The number of nitrogens with zero attached hydrogens (tertiary/aromatic N) is 3. The van der Waals surface area contributed by atoms with Crippen LogP contribution < -0.4 is 11.2 Å². The number of carbonyl (C=O) groups is 1. The fourth-order valence-electron chi connectivity index (χ4n) is 3.93. The summed E-state index contributed by atoms with van der Waals surface area (Å²) in [6.07, 6.45) is 3.35. The molecule has 2 aliphatic rings. The van der Waals surface area contributed by atoms with E-state index in [1.165, 1.54) is 13.2 Å². The summed E-state index contributed by atoms with van der Waals surface area (Å²) < 4.78 is 6.42. The normalized spacial score (nSPS) is 20.9. The predicted octanol–water partition coefficient (Wildman–Crippen LogP) is -0.425. The summed E-state index contributed by atoms with van der Waals surface area (Å²) in [6.45, 7) is 7.29. The Balaban J connectivity index is 1.54. The number of carbonyl (C=O) groups excluding carboxylic acids is 1. The zero-order valence-corrected chi connectivity index (χ0v) is 15.6. The van der Waals surface area contributed by atoms with Crippen LogP contribution >= 0.6 is 0 Å². The molecule has 1 atom stereocenters.